The van der Waals surface area contributed by atoms with Crippen LogP contribution in [0.25, 0.3) is 11.4 Å². The van der Waals surface area contributed by atoms with Crippen LogP contribution in [0, 0.1) is 0 Å². The van der Waals surface area contributed by atoms with E-state index < -0.39 is 0 Å². The number of carbonyl (C=O) groups is 1. The van der Waals surface area contributed by atoms with Crippen molar-refractivity contribution in [2.75, 3.05) is 7.11 Å². The molecule has 26 heavy (non-hydrogen) atoms. The summed E-state index contributed by atoms with van der Waals surface area (Å²) in [6.07, 6.45) is 5.73. The predicted octanol–water partition coefficient (Wildman–Crippen LogP) is 5.41. The number of benzene rings is 1. The maximum atomic E-state index is 11.8. The van der Waals surface area contributed by atoms with Crippen LogP contribution in [0.2, 0.25) is 10.0 Å². The molecular formula is C18H21Cl2N3O2S. The number of carbonyl (C=O) groups excluding carboxylic acids is 1. The summed E-state index contributed by atoms with van der Waals surface area (Å²) < 4.78 is 6.98. The molecule has 1 atom stereocenters. The van der Waals surface area contributed by atoms with Gasteiger partial charge in [0, 0.05) is 16.6 Å². The first kappa shape index (κ1) is 19.5. The first-order valence-corrected chi connectivity index (χ1v) is 10.3. The first-order chi connectivity index (χ1) is 12.5. The zero-order chi connectivity index (χ0) is 18.7. The number of thioether (sulfide) groups is 1. The Labute approximate surface area is 167 Å². The molecule has 1 aromatic carbocycles. The number of aromatic nitrogens is 3. The Morgan fingerprint density at radius 1 is 1.27 bits per heavy atom. The van der Waals surface area contributed by atoms with Crippen molar-refractivity contribution in [3.8, 4) is 11.4 Å². The van der Waals surface area contributed by atoms with Crippen LogP contribution in [0.3, 0.4) is 0 Å². The second kappa shape index (κ2) is 8.63. The number of hydrogen-bond acceptors (Lipinski definition) is 5. The van der Waals surface area contributed by atoms with E-state index in [0.29, 0.717) is 16.1 Å². The van der Waals surface area contributed by atoms with Gasteiger partial charge in [0.2, 0.25) is 0 Å². The van der Waals surface area contributed by atoms with E-state index in [-0.39, 0.29) is 11.2 Å². The molecule has 3 rings (SSSR count). The lowest BCUT2D eigenvalue weighted by atomic mass is 9.95. The van der Waals surface area contributed by atoms with Crippen LogP contribution in [0.15, 0.2) is 23.4 Å². The van der Waals surface area contributed by atoms with Gasteiger partial charge in [0.1, 0.15) is 5.25 Å². The third-order valence-corrected chi connectivity index (χ3v) is 6.17. The molecule has 5 nitrogen and oxygen atoms in total. The highest BCUT2D eigenvalue weighted by molar-refractivity contribution is 8.00. The third kappa shape index (κ3) is 4.18. The van der Waals surface area contributed by atoms with E-state index in [1.807, 2.05) is 13.0 Å². The smallest absolute Gasteiger partial charge is 0.318 e. The van der Waals surface area contributed by atoms with Gasteiger partial charge in [0.05, 0.1) is 12.1 Å². The van der Waals surface area contributed by atoms with Crippen LogP contribution >= 0.6 is 35.0 Å². The largest absolute Gasteiger partial charge is 0.468 e. The Hall–Kier alpha value is -1.24. The van der Waals surface area contributed by atoms with Gasteiger partial charge in [0.15, 0.2) is 11.0 Å². The molecule has 140 valence electrons. The fourth-order valence-electron chi connectivity index (χ4n) is 3.25. The fourth-order valence-corrected chi connectivity index (χ4v) is 4.69. The van der Waals surface area contributed by atoms with E-state index in [9.17, 15) is 4.79 Å². The maximum Gasteiger partial charge on any atom is 0.318 e. The zero-order valence-corrected chi connectivity index (χ0v) is 17.1. The minimum absolute atomic E-state index is 0.278. The van der Waals surface area contributed by atoms with Crippen molar-refractivity contribution in [1.29, 1.82) is 0 Å². The summed E-state index contributed by atoms with van der Waals surface area (Å²) >= 11 is 13.8. The molecule has 1 heterocycles. The van der Waals surface area contributed by atoms with E-state index in [1.54, 1.807) is 12.1 Å². The van der Waals surface area contributed by atoms with Crippen LogP contribution < -0.4 is 0 Å². The van der Waals surface area contributed by atoms with Gasteiger partial charge >= 0.3 is 5.97 Å². The quantitative estimate of drug-likeness (QED) is 0.484. The lowest BCUT2D eigenvalue weighted by molar-refractivity contribution is -0.139. The van der Waals surface area contributed by atoms with Gasteiger partial charge in [-0.1, -0.05) is 54.2 Å². The molecule has 0 spiro atoms. The Morgan fingerprint density at radius 2 is 2.00 bits per heavy atom. The summed E-state index contributed by atoms with van der Waals surface area (Å²) in [6, 6.07) is 5.67. The minimum atomic E-state index is -0.361. The molecule has 0 N–H and O–H groups in total. The van der Waals surface area contributed by atoms with Gasteiger partial charge in [-0.05, 0) is 38.0 Å². The summed E-state index contributed by atoms with van der Waals surface area (Å²) in [7, 11) is 1.39. The minimum Gasteiger partial charge on any atom is -0.468 e. The number of esters is 1. The van der Waals surface area contributed by atoms with E-state index >= 15 is 0 Å². The molecule has 1 aliphatic carbocycles. The summed E-state index contributed by atoms with van der Waals surface area (Å²) in [4.78, 5) is 11.8. The summed E-state index contributed by atoms with van der Waals surface area (Å²) in [5.74, 6) is 0.442. The van der Waals surface area contributed by atoms with E-state index in [1.165, 1.54) is 38.1 Å². The summed E-state index contributed by atoms with van der Waals surface area (Å²) in [6.45, 7) is 1.81. The van der Waals surface area contributed by atoms with Crippen molar-refractivity contribution in [3.63, 3.8) is 0 Å². The van der Waals surface area contributed by atoms with Crippen LogP contribution in [0.5, 0.6) is 0 Å². The number of nitrogens with zero attached hydrogens (tertiary/aromatic N) is 3. The first-order valence-electron chi connectivity index (χ1n) is 8.66. The Kier molecular flexibility index (Phi) is 6.48. The van der Waals surface area contributed by atoms with Gasteiger partial charge in [-0.25, -0.2) is 0 Å². The van der Waals surface area contributed by atoms with E-state index in [2.05, 4.69) is 14.8 Å². The van der Waals surface area contributed by atoms with E-state index in [0.717, 1.165) is 29.4 Å². The number of hydrogen-bond donors (Lipinski definition) is 0. The van der Waals surface area contributed by atoms with Crippen molar-refractivity contribution in [2.24, 2.45) is 0 Å². The van der Waals surface area contributed by atoms with Crippen LogP contribution in [-0.4, -0.2) is 33.1 Å². The second-order valence-electron chi connectivity index (χ2n) is 6.38. The molecule has 0 amide bonds. The molecule has 1 aromatic heterocycles. The fraction of sp³-hybridized carbons (Fsp3) is 0.500. The summed E-state index contributed by atoms with van der Waals surface area (Å²) in [5.41, 5.74) is 0.798. The monoisotopic (exact) mass is 413 g/mol. The standard InChI is InChI=1S/C18H21Cl2N3O2S/c1-11(17(24)25-2)26-18-22-21-16(14-9-8-12(19)10-15(14)20)23(18)13-6-4-3-5-7-13/h8-11,13H,3-7H2,1-2H3. The van der Waals surface area contributed by atoms with Crippen molar-refractivity contribution in [2.45, 2.75) is 55.5 Å². The van der Waals surface area contributed by atoms with Gasteiger partial charge < -0.3 is 4.74 Å². The zero-order valence-electron chi connectivity index (χ0n) is 14.7. The average molecular weight is 414 g/mol. The normalized spacial score (nSPS) is 16.5. The second-order valence-corrected chi connectivity index (χ2v) is 8.53. The topological polar surface area (TPSA) is 57.0 Å². The Morgan fingerprint density at radius 3 is 2.65 bits per heavy atom. The molecule has 2 aromatic rings. The molecular weight excluding hydrogens is 393 g/mol. The van der Waals surface area contributed by atoms with Crippen molar-refractivity contribution in [3.05, 3.63) is 28.2 Å². The van der Waals surface area contributed by atoms with Gasteiger partial charge in [-0.3, -0.25) is 9.36 Å². The predicted molar refractivity (Wildman–Crippen MR) is 105 cm³/mol. The SMILES string of the molecule is COC(=O)C(C)Sc1nnc(-c2ccc(Cl)cc2Cl)n1C1CCCCC1. The van der Waals surface area contributed by atoms with Crippen molar-refractivity contribution in [1.82, 2.24) is 14.8 Å². The Bertz CT molecular complexity index is 791. The summed E-state index contributed by atoms with van der Waals surface area (Å²) in [5, 5.41) is 10.2. The van der Waals surface area contributed by atoms with Gasteiger partial charge in [0.25, 0.3) is 0 Å². The molecule has 1 unspecified atom stereocenters. The Balaban J connectivity index is 2.02. The number of methoxy groups -OCH3 is 1. The molecule has 0 aliphatic heterocycles. The molecule has 1 aliphatic rings. The highest BCUT2D eigenvalue weighted by Gasteiger charge is 2.27. The van der Waals surface area contributed by atoms with Crippen LogP contribution in [-0.2, 0) is 9.53 Å². The molecule has 8 heteroatoms. The lowest BCUT2D eigenvalue weighted by Gasteiger charge is -2.26. The average Bonchev–Trinajstić information content (AvgIpc) is 3.04. The van der Waals surface area contributed by atoms with Crippen molar-refractivity contribution >= 4 is 40.9 Å². The van der Waals surface area contributed by atoms with E-state index in [4.69, 9.17) is 27.9 Å². The molecule has 0 bridgehead atoms. The van der Waals surface area contributed by atoms with Crippen LogP contribution in [0.4, 0.5) is 0 Å². The van der Waals surface area contributed by atoms with Crippen molar-refractivity contribution < 1.29 is 9.53 Å². The number of rotatable bonds is 5. The molecule has 1 fully saturated rings. The molecule has 0 radical (unpaired) electrons. The van der Waals surface area contributed by atoms with Gasteiger partial charge in [-0.2, -0.15) is 0 Å². The lowest BCUT2D eigenvalue weighted by Crippen LogP contribution is -2.18. The highest BCUT2D eigenvalue weighted by Crippen LogP contribution is 2.38. The van der Waals surface area contributed by atoms with Gasteiger partial charge in [-0.15, -0.1) is 10.2 Å². The highest BCUT2D eigenvalue weighted by atomic mass is 35.5. The molecule has 1 saturated carbocycles. The number of halogens is 2. The number of ether oxygens (including phenoxy) is 1. The van der Waals surface area contributed by atoms with Crippen LogP contribution in [0.1, 0.15) is 45.1 Å². The molecule has 0 saturated heterocycles. The maximum absolute atomic E-state index is 11.8. The third-order valence-electron chi connectivity index (χ3n) is 4.59.